The Morgan fingerprint density at radius 2 is 1.67 bits per heavy atom. The Bertz CT molecular complexity index is 967. The summed E-state index contributed by atoms with van der Waals surface area (Å²) in [7, 11) is -3.70. The minimum absolute atomic E-state index is 0.167. The first-order valence-electron chi connectivity index (χ1n) is 8.65. The maximum absolute atomic E-state index is 12.4. The van der Waals surface area contributed by atoms with E-state index in [1.54, 1.807) is 13.8 Å². The van der Waals surface area contributed by atoms with Crippen molar-refractivity contribution in [3.05, 3.63) is 65.7 Å². The monoisotopic (exact) mass is 386 g/mol. The van der Waals surface area contributed by atoms with Crippen molar-refractivity contribution in [2.45, 2.75) is 26.8 Å². The molecule has 1 aliphatic heterocycles. The summed E-state index contributed by atoms with van der Waals surface area (Å²) >= 11 is 0. The molecule has 1 N–H and O–H groups in total. The van der Waals surface area contributed by atoms with E-state index in [1.165, 1.54) is 24.3 Å². The number of hydrogen-bond acceptors (Lipinski definition) is 4. The van der Waals surface area contributed by atoms with Gasteiger partial charge in [-0.15, -0.1) is 0 Å². The van der Waals surface area contributed by atoms with Crippen LogP contribution in [0, 0.1) is 5.41 Å². The Kier molecular flexibility index (Phi) is 4.82. The van der Waals surface area contributed by atoms with Gasteiger partial charge < -0.3 is 5.32 Å². The molecule has 1 atom stereocenters. The van der Waals surface area contributed by atoms with E-state index in [4.69, 9.17) is 0 Å². The Hall–Kier alpha value is -2.67. The average molecular weight is 386 g/mol. The van der Waals surface area contributed by atoms with Gasteiger partial charge in [-0.2, -0.15) is 0 Å². The Morgan fingerprint density at radius 1 is 1.07 bits per heavy atom. The molecular formula is C20H22N2O4S. The number of nitrogens with one attached hydrogen (secondary N) is 1. The molecule has 7 heteroatoms. The van der Waals surface area contributed by atoms with Gasteiger partial charge in [-0.05, 0) is 50.6 Å². The maximum Gasteiger partial charge on any atom is 0.251 e. The number of amides is 2. The van der Waals surface area contributed by atoms with Gasteiger partial charge >= 0.3 is 0 Å². The molecular weight excluding hydrogens is 364 g/mol. The van der Waals surface area contributed by atoms with E-state index in [9.17, 15) is 18.0 Å². The molecule has 0 saturated carbocycles. The first-order valence-corrected chi connectivity index (χ1v) is 10.3. The van der Waals surface area contributed by atoms with Gasteiger partial charge in [0.15, 0.2) is 0 Å². The molecule has 0 bridgehead atoms. The van der Waals surface area contributed by atoms with Crippen LogP contribution in [0.25, 0.3) is 0 Å². The minimum atomic E-state index is -3.70. The molecule has 1 heterocycles. The fourth-order valence-electron chi connectivity index (χ4n) is 3.11. The largest absolute Gasteiger partial charge is 0.346 e. The molecule has 0 aromatic heterocycles. The van der Waals surface area contributed by atoms with Crippen LogP contribution in [0.1, 0.15) is 42.7 Å². The van der Waals surface area contributed by atoms with E-state index < -0.39 is 21.3 Å². The number of anilines is 1. The van der Waals surface area contributed by atoms with Crippen LogP contribution in [0.5, 0.6) is 0 Å². The van der Waals surface area contributed by atoms with E-state index in [2.05, 4.69) is 5.32 Å². The topological polar surface area (TPSA) is 83.6 Å². The van der Waals surface area contributed by atoms with E-state index in [1.807, 2.05) is 37.3 Å². The first-order chi connectivity index (χ1) is 12.6. The number of carbonyl (C=O) groups excluding carboxylic acids is 2. The van der Waals surface area contributed by atoms with Crippen LogP contribution < -0.4 is 9.62 Å². The fraction of sp³-hybridized carbons (Fsp3) is 0.300. The number of benzene rings is 2. The van der Waals surface area contributed by atoms with Gasteiger partial charge in [-0.3, -0.25) is 9.59 Å². The predicted molar refractivity (Wildman–Crippen MR) is 104 cm³/mol. The second kappa shape index (κ2) is 6.81. The molecule has 0 unspecified atom stereocenters. The molecule has 0 aliphatic carbocycles. The summed E-state index contributed by atoms with van der Waals surface area (Å²) in [5.41, 5.74) is 0.668. The summed E-state index contributed by atoms with van der Waals surface area (Å²) in [6, 6.07) is 15.4. The van der Waals surface area contributed by atoms with Crippen molar-refractivity contribution in [1.29, 1.82) is 0 Å². The molecule has 2 amide bonds. The zero-order valence-corrected chi connectivity index (χ0v) is 16.3. The molecule has 0 radical (unpaired) electrons. The number of carbonyl (C=O) groups is 2. The maximum atomic E-state index is 12.4. The second-order valence-corrected chi connectivity index (χ2v) is 9.18. The zero-order valence-electron chi connectivity index (χ0n) is 15.5. The van der Waals surface area contributed by atoms with Gasteiger partial charge in [0.25, 0.3) is 5.91 Å². The fourth-order valence-corrected chi connectivity index (χ4v) is 5.22. The highest BCUT2D eigenvalue weighted by atomic mass is 32.2. The highest BCUT2D eigenvalue weighted by molar-refractivity contribution is 7.94. The molecule has 142 valence electrons. The number of sulfonamides is 1. The summed E-state index contributed by atoms with van der Waals surface area (Å²) < 4.78 is 25.5. The summed E-state index contributed by atoms with van der Waals surface area (Å²) in [5, 5.41) is 2.90. The van der Waals surface area contributed by atoms with E-state index in [-0.39, 0.29) is 23.4 Å². The first kappa shape index (κ1) is 19.1. The van der Waals surface area contributed by atoms with Gasteiger partial charge in [-0.25, -0.2) is 12.7 Å². The zero-order chi connectivity index (χ0) is 19.8. The molecule has 2 aromatic rings. The summed E-state index contributed by atoms with van der Waals surface area (Å²) in [5.74, 6) is -0.957. The second-order valence-electron chi connectivity index (χ2n) is 7.36. The smallest absolute Gasteiger partial charge is 0.251 e. The van der Waals surface area contributed by atoms with Crippen molar-refractivity contribution in [3.63, 3.8) is 0 Å². The third kappa shape index (κ3) is 3.73. The molecule has 1 fully saturated rings. The Morgan fingerprint density at radius 3 is 2.19 bits per heavy atom. The lowest BCUT2D eigenvalue weighted by Gasteiger charge is -2.18. The lowest BCUT2D eigenvalue weighted by Crippen LogP contribution is -2.33. The van der Waals surface area contributed by atoms with Crippen LogP contribution in [-0.2, 0) is 14.8 Å². The van der Waals surface area contributed by atoms with Gasteiger partial charge in [0.1, 0.15) is 0 Å². The highest BCUT2D eigenvalue weighted by Crippen LogP contribution is 2.35. The summed E-state index contributed by atoms with van der Waals surface area (Å²) in [4.78, 5) is 24.9. The van der Waals surface area contributed by atoms with Crippen LogP contribution in [-0.4, -0.2) is 26.0 Å². The SMILES string of the molecule is C[C@@H](NC(=O)c1ccc(N2C(=O)C(C)(C)CS2(=O)=O)cc1)c1ccccc1. The van der Waals surface area contributed by atoms with Crippen molar-refractivity contribution in [1.82, 2.24) is 5.32 Å². The molecule has 3 rings (SSSR count). The molecule has 2 aromatic carbocycles. The number of rotatable bonds is 4. The van der Waals surface area contributed by atoms with Gasteiger partial charge in [0.2, 0.25) is 15.9 Å². The van der Waals surface area contributed by atoms with Crippen molar-refractivity contribution in [2.24, 2.45) is 5.41 Å². The number of nitrogens with zero attached hydrogens (tertiary/aromatic N) is 1. The molecule has 1 saturated heterocycles. The van der Waals surface area contributed by atoms with Gasteiger partial charge in [0.05, 0.1) is 22.9 Å². The van der Waals surface area contributed by atoms with Crippen LogP contribution in [0.15, 0.2) is 54.6 Å². The normalized spacial score (nSPS) is 18.9. The number of hydrogen-bond donors (Lipinski definition) is 1. The summed E-state index contributed by atoms with van der Waals surface area (Å²) in [6.07, 6.45) is 0. The van der Waals surface area contributed by atoms with Crippen LogP contribution >= 0.6 is 0 Å². The third-order valence-corrected chi connectivity index (χ3v) is 6.62. The standard InChI is InChI=1S/C20H22N2O4S/c1-14(15-7-5-4-6-8-15)21-18(23)16-9-11-17(12-10-16)22-19(24)20(2,3)13-27(22,25)26/h4-12,14H,13H2,1-3H3,(H,21,23)/t14-/m1/s1. The quantitative estimate of drug-likeness (QED) is 0.876. The Balaban J connectivity index is 1.78. The lowest BCUT2D eigenvalue weighted by atomic mass is 9.95. The van der Waals surface area contributed by atoms with Crippen LogP contribution in [0.4, 0.5) is 5.69 Å². The van der Waals surface area contributed by atoms with Gasteiger partial charge in [0, 0.05) is 5.56 Å². The van der Waals surface area contributed by atoms with Crippen molar-refractivity contribution in [3.8, 4) is 0 Å². The Labute approximate surface area is 159 Å². The summed E-state index contributed by atoms with van der Waals surface area (Å²) in [6.45, 7) is 5.11. The lowest BCUT2D eigenvalue weighted by molar-refractivity contribution is -0.123. The third-order valence-electron chi connectivity index (χ3n) is 4.60. The highest BCUT2D eigenvalue weighted by Gasteiger charge is 2.49. The van der Waals surface area contributed by atoms with Crippen LogP contribution in [0.2, 0.25) is 0 Å². The van der Waals surface area contributed by atoms with Crippen molar-refractivity contribution in [2.75, 3.05) is 10.1 Å². The molecule has 1 aliphatic rings. The van der Waals surface area contributed by atoms with E-state index in [0.717, 1.165) is 9.87 Å². The van der Waals surface area contributed by atoms with Crippen molar-refractivity contribution >= 4 is 27.5 Å². The predicted octanol–water partition coefficient (Wildman–Crippen LogP) is 2.88. The van der Waals surface area contributed by atoms with Crippen LogP contribution in [0.3, 0.4) is 0 Å². The molecule has 0 spiro atoms. The minimum Gasteiger partial charge on any atom is -0.346 e. The van der Waals surface area contributed by atoms with E-state index >= 15 is 0 Å². The van der Waals surface area contributed by atoms with Crippen molar-refractivity contribution < 1.29 is 18.0 Å². The molecule has 6 nitrogen and oxygen atoms in total. The average Bonchev–Trinajstić information content (AvgIpc) is 2.78. The van der Waals surface area contributed by atoms with Gasteiger partial charge in [-0.1, -0.05) is 30.3 Å². The van der Waals surface area contributed by atoms with E-state index in [0.29, 0.717) is 5.56 Å². The molecule has 27 heavy (non-hydrogen) atoms.